The zero-order valence-electron chi connectivity index (χ0n) is 17.6. The number of halogens is 3. The van der Waals surface area contributed by atoms with Crippen LogP contribution in [-0.4, -0.2) is 41.1 Å². The van der Waals surface area contributed by atoms with Crippen molar-refractivity contribution in [1.82, 2.24) is 10.3 Å². The lowest BCUT2D eigenvalue weighted by Gasteiger charge is -2.23. The molecule has 1 heterocycles. The first-order valence-electron chi connectivity index (χ1n) is 10.6. The third-order valence-corrected chi connectivity index (χ3v) is 5.73. The number of hydrogen-bond donors (Lipinski definition) is 2. The molecule has 0 spiro atoms. The molecular formula is C23H25F3N2O4. The standard InChI is InChI=1S/C23H25F3N2O4/c1-22(30,17-6-7-17)13-28-20(29)16-10-19(21(27-11-16)31-12-14-2-3-14)15-4-8-18(9-5-15)32-23(24,25)26/h4-5,8-11,14,17,30H,2-3,6-7,12-13H2,1H3,(H,28,29). The molecule has 9 heteroatoms. The molecule has 0 aliphatic heterocycles. The van der Waals surface area contributed by atoms with Crippen molar-refractivity contribution < 1.29 is 32.5 Å². The number of pyridine rings is 1. The lowest BCUT2D eigenvalue weighted by Crippen LogP contribution is -2.42. The van der Waals surface area contributed by atoms with E-state index in [4.69, 9.17) is 4.74 Å². The van der Waals surface area contributed by atoms with Crippen molar-refractivity contribution in [2.45, 2.75) is 44.6 Å². The molecule has 0 radical (unpaired) electrons. The average molecular weight is 450 g/mol. The molecule has 6 nitrogen and oxygen atoms in total. The van der Waals surface area contributed by atoms with E-state index in [1.807, 2.05) is 0 Å². The summed E-state index contributed by atoms with van der Waals surface area (Å²) in [6.07, 6.45) is 0.668. The van der Waals surface area contributed by atoms with Crippen LogP contribution in [0.15, 0.2) is 36.5 Å². The van der Waals surface area contributed by atoms with Crippen molar-refractivity contribution in [3.63, 3.8) is 0 Å². The number of alkyl halides is 3. The van der Waals surface area contributed by atoms with Crippen LogP contribution in [0.25, 0.3) is 11.1 Å². The number of nitrogens with zero attached hydrogens (tertiary/aromatic N) is 1. The molecule has 1 unspecified atom stereocenters. The number of aromatic nitrogens is 1. The minimum absolute atomic E-state index is 0.120. The molecule has 1 amide bonds. The predicted octanol–water partition coefficient (Wildman–Crippen LogP) is 4.33. The monoisotopic (exact) mass is 450 g/mol. The zero-order valence-corrected chi connectivity index (χ0v) is 17.6. The van der Waals surface area contributed by atoms with Gasteiger partial charge in [0.2, 0.25) is 5.88 Å². The number of ether oxygens (including phenoxy) is 2. The summed E-state index contributed by atoms with van der Waals surface area (Å²) in [5.41, 5.74) is 0.331. The third kappa shape index (κ3) is 5.91. The molecule has 0 saturated heterocycles. The second-order valence-corrected chi connectivity index (χ2v) is 8.72. The van der Waals surface area contributed by atoms with Crippen LogP contribution in [-0.2, 0) is 0 Å². The Kier molecular flexibility index (Phi) is 6.03. The van der Waals surface area contributed by atoms with E-state index >= 15 is 0 Å². The van der Waals surface area contributed by atoms with Gasteiger partial charge in [0.05, 0.1) is 17.8 Å². The van der Waals surface area contributed by atoms with Crippen molar-refractivity contribution in [2.75, 3.05) is 13.2 Å². The van der Waals surface area contributed by atoms with Gasteiger partial charge in [-0.15, -0.1) is 13.2 Å². The van der Waals surface area contributed by atoms with Crippen LogP contribution in [0.5, 0.6) is 11.6 Å². The molecule has 2 aliphatic carbocycles. The van der Waals surface area contributed by atoms with Crippen molar-refractivity contribution in [1.29, 1.82) is 0 Å². The highest BCUT2D eigenvalue weighted by atomic mass is 19.4. The summed E-state index contributed by atoms with van der Waals surface area (Å²) >= 11 is 0. The summed E-state index contributed by atoms with van der Waals surface area (Å²) in [5.74, 6) is 0.228. The van der Waals surface area contributed by atoms with Crippen molar-refractivity contribution in [2.24, 2.45) is 11.8 Å². The van der Waals surface area contributed by atoms with Crippen LogP contribution in [0.1, 0.15) is 43.0 Å². The Balaban J connectivity index is 1.54. The zero-order chi connectivity index (χ0) is 22.9. The van der Waals surface area contributed by atoms with E-state index in [0.717, 1.165) is 25.7 Å². The Hall–Kier alpha value is -2.81. The number of hydrogen-bond acceptors (Lipinski definition) is 5. The second kappa shape index (κ2) is 8.61. The fourth-order valence-corrected chi connectivity index (χ4v) is 3.43. The van der Waals surface area contributed by atoms with Gasteiger partial charge in [-0.05, 0) is 68.2 Å². The third-order valence-electron chi connectivity index (χ3n) is 5.73. The normalized spacial score (nSPS) is 18.0. The number of aliphatic hydroxyl groups is 1. The van der Waals surface area contributed by atoms with Gasteiger partial charge in [-0.25, -0.2) is 4.98 Å². The van der Waals surface area contributed by atoms with Crippen LogP contribution in [0.2, 0.25) is 0 Å². The Labute approximate surface area is 183 Å². The fraction of sp³-hybridized carbons (Fsp3) is 0.478. The first-order chi connectivity index (χ1) is 15.1. The van der Waals surface area contributed by atoms with Crippen LogP contribution < -0.4 is 14.8 Å². The van der Waals surface area contributed by atoms with E-state index in [0.29, 0.717) is 29.5 Å². The van der Waals surface area contributed by atoms with E-state index in [1.54, 1.807) is 13.0 Å². The van der Waals surface area contributed by atoms with Crippen molar-refractivity contribution in [3.8, 4) is 22.8 Å². The highest BCUT2D eigenvalue weighted by molar-refractivity contribution is 5.95. The van der Waals surface area contributed by atoms with Gasteiger partial charge in [0.1, 0.15) is 5.75 Å². The molecule has 2 saturated carbocycles. The Morgan fingerprint density at radius 2 is 1.88 bits per heavy atom. The van der Waals surface area contributed by atoms with E-state index in [9.17, 15) is 23.1 Å². The van der Waals surface area contributed by atoms with Gasteiger partial charge in [-0.2, -0.15) is 0 Å². The lowest BCUT2D eigenvalue weighted by atomic mass is 10.0. The van der Waals surface area contributed by atoms with Crippen LogP contribution in [0.4, 0.5) is 13.2 Å². The summed E-state index contributed by atoms with van der Waals surface area (Å²) in [6.45, 7) is 2.31. The molecule has 1 aromatic carbocycles. The van der Waals surface area contributed by atoms with Crippen molar-refractivity contribution in [3.05, 3.63) is 42.1 Å². The summed E-state index contributed by atoms with van der Waals surface area (Å²) in [7, 11) is 0. The van der Waals surface area contributed by atoms with Crippen molar-refractivity contribution >= 4 is 5.91 Å². The highest BCUT2D eigenvalue weighted by Gasteiger charge is 2.40. The Morgan fingerprint density at radius 1 is 1.19 bits per heavy atom. The molecule has 172 valence electrons. The quantitative estimate of drug-likeness (QED) is 0.595. The molecule has 4 rings (SSSR count). The van der Waals surface area contributed by atoms with Gasteiger partial charge >= 0.3 is 6.36 Å². The van der Waals surface area contributed by atoms with E-state index in [-0.39, 0.29) is 23.8 Å². The van der Waals surface area contributed by atoms with Gasteiger partial charge in [-0.3, -0.25) is 4.79 Å². The summed E-state index contributed by atoms with van der Waals surface area (Å²) in [5, 5.41) is 13.2. The number of amides is 1. The molecule has 0 bridgehead atoms. The molecule has 1 atom stereocenters. The SMILES string of the molecule is CC(O)(CNC(=O)c1cnc(OCC2CC2)c(-c2ccc(OC(F)(F)F)cc2)c1)C1CC1. The van der Waals surface area contributed by atoms with E-state index in [1.165, 1.54) is 30.5 Å². The molecule has 2 N–H and O–H groups in total. The molecule has 2 aromatic rings. The fourth-order valence-electron chi connectivity index (χ4n) is 3.43. The number of carbonyl (C=O) groups is 1. The number of rotatable bonds is 9. The Bertz CT molecular complexity index is 968. The maximum absolute atomic E-state index is 12.7. The Morgan fingerprint density at radius 3 is 2.47 bits per heavy atom. The average Bonchev–Trinajstić information content (AvgIpc) is 3.63. The first-order valence-corrected chi connectivity index (χ1v) is 10.6. The largest absolute Gasteiger partial charge is 0.573 e. The summed E-state index contributed by atoms with van der Waals surface area (Å²) in [6, 6.07) is 6.92. The van der Waals surface area contributed by atoms with Gasteiger partial charge in [0, 0.05) is 18.3 Å². The predicted molar refractivity (Wildman–Crippen MR) is 110 cm³/mol. The number of nitrogens with one attached hydrogen (secondary N) is 1. The molecular weight excluding hydrogens is 425 g/mol. The first kappa shape index (κ1) is 22.4. The van der Waals surface area contributed by atoms with Gasteiger partial charge in [-0.1, -0.05) is 12.1 Å². The molecule has 1 aromatic heterocycles. The minimum Gasteiger partial charge on any atom is -0.477 e. The van der Waals surface area contributed by atoms with Gasteiger partial charge in [0.25, 0.3) is 5.91 Å². The molecule has 32 heavy (non-hydrogen) atoms. The maximum atomic E-state index is 12.7. The lowest BCUT2D eigenvalue weighted by molar-refractivity contribution is -0.274. The van der Waals surface area contributed by atoms with Gasteiger partial charge < -0.3 is 19.9 Å². The molecule has 2 aliphatic rings. The number of carbonyl (C=O) groups excluding carboxylic acids is 1. The highest BCUT2D eigenvalue weighted by Crippen LogP contribution is 2.39. The van der Waals surface area contributed by atoms with Crippen LogP contribution in [0, 0.1) is 11.8 Å². The number of benzene rings is 1. The topological polar surface area (TPSA) is 80.7 Å². The van der Waals surface area contributed by atoms with Crippen LogP contribution >= 0.6 is 0 Å². The molecule has 2 fully saturated rings. The van der Waals surface area contributed by atoms with Crippen LogP contribution in [0.3, 0.4) is 0 Å². The second-order valence-electron chi connectivity index (χ2n) is 8.72. The summed E-state index contributed by atoms with van der Waals surface area (Å²) < 4.78 is 47.1. The van der Waals surface area contributed by atoms with Gasteiger partial charge in [0.15, 0.2) is 0 Å². The maximum Gasteiger partial charge on any atom is 0.573 e. The van der Waals surface area contributed by atoms with E-state index < -0.39 is 17.9 Å². The minimum atomic E-state index is -4.78. The summed E-state index contributed by atoms with van der Waals surface area (Å²) in [4.78, 5) is 17.0. The smallest absolute Gasteiger partial charge is 0.477 e. The van der Waals surface area contributed by atoms with E-state index in [2.05, 4.69) is 15.0 Å².